The fraction of sp³-hybridized carbons (Fsp3) is 0.250. The van der Waals surface area contributed by atoms with Crippen LogP contribution < -0.4 is 19.5 Å². The van der Waals surface area contributed by atoms with E-state index in [1.54, 1.807) is 56.7 Å². The largest absolute Gasteiger partial charge is 0.493 e. The van der Waals surface area contributed by atoms with Crippen molar-refractivity contribution < 1.29 is 23.4 Å². The molecule has 1 heterocycles. The lowest BCUT2D eigenvalue weighted by atomic mass is 10.2. The van der Waals surface area contributed by atoms with Gasteiger partial charge in [-0.05, 0) is 56.3 Å². The van der Waals surface area contributed by atoms with Crippen LogP contribution in [-0.2, 0) is 0 Å². The molecule has 0 saturated carbocycles. The molecule has 1 aromatic heterocycles. The molecular weight excluding hydrogens is 362 g/mol. The molecule has 0 saturated heterocycles. The van der Waals surface area contributed by atoms with Crippen molar-refractivity contribution in [3.63, 3.8) is 0 Å². The molecule has 8 heteroatoms. The normalized spacial score (nSPS) is 10.6. The topological polar surface area (TPSA) is 95.7 Å². The average Bonchev–Trinajstić information content (AvgIpc) is 3.16. The van der Waals surface area contributed by atoms with Crippen molar-refractivity contribution in [2.24, 2.45) is 0 Å². The maximum atomic E-state index is 12.4. The molecule has 28 heavy (non-hydrogen) atoms. The van der Waals surface area contributed by atoms with Crippen LogP contribution in [0.4, 0.5) is 6.01 Å². The van der Waals surface area contributed by atoms with Gasteiger partial charge in [0.25, 0.3) is 5.91 Å². The number of methoxy groups -OCH3 is 2. The second-order valence-electron chi connectivity index (χ2n) is 6.13. The Kier molecular flexibility index (Phi) is 5.78. The van der Waals surface area contributed by atoms with Gasteiger partial charge in [-0.15, -0.1) is 5.10 Å². The van der Waals surface area contributed by atoms with Crippen molar-refractivity contribution in [1.82, 2.24) is 10.2 Å². The third kappa shape index (κ3) is 4.40. The van der Waals surface area contributed by atoms with Gasteiger partial charge in [0.2, 0.25) is 5.89 Å². The summed E-state index contributed by atoms with van der Waals surface area (Å²) in [5.74, 6) is 1.70. The van der Waals surface area contributed by atoms with Gasteiger partial charge < -0.3 is 18.6 Å². The van der Waals surface area contributed by atoms with Crippen LogP contribution in [0.15, 0.2) is 46.9 Å². The van der Waals surface area contributed by atoms with E-state index in [0.717, 1.165) is 0 Å². The molecule has 1 amide bonds. The summed E-state index contributed by atoms with van der Waals surface area (Å²) < 4.78 is 21.6. The van der Waals surface area contributed by atoms with Gasteiger partial charge in [0.15, 0.2) is 11.5 Å². The van der Waals surface area contributed by atoms with Crippen LogP contribution in [-0.4, -0.2) is 36.4 Å². The fourth-order valence-corrected chi connectivity index (χ4v) is 2.49. The lowest BCUT2D eigenvalue weighted by Gasteiger charge is -2.09. The lowest BCUT2D eigenvalue weighted by molar-refractivity contribution is 0.102. The molecule has 146 valence electrons. The summed E-state index contributed by atoms with van der Waals surface area (Å²) in [5, 5.41) is 10.4. The lowest BCUT2D eigenvalue weighted by Crippen LogP contribution is -2.12. The number of nitrogens with one attached hydrogen (secondary N) is 1. The predicted molar refractivity (Wildman–Crippen MR) is 103 cm³/mol. The molecule has 0 aliphatic rings. The van der Waals surface area contributed by atoms with Crippen LogP contribution in [0.25, 0.3) is 11.5 Å². The molecule has 0 atom stereocenters. The minimum Gasteiger partial charge on any atom is -0.493 e. The Bertz CT molecular complexity index is 951. The van der Waals surface area contributed by atoms with Crippen LogP contribution in [0, 0.1) is 0 Å². The van der Waals surface area contributed by atoms with E-state index in [4.69, 9.17) is 18.6 Å². The standard InChI is InChI=1S/C20H21N3O5/c1-12(2)27-15-8-5-13(6-9-15)18(24)21-20-23-22-19(28-20)14-7-10-16(25-3)17(11-14)26-4/h5-12H,1-4H3,(H,21,23,24). The number of nitrogens with zero attached hydrogens (tertiary/aromatic N) is 2. The van der Waals surface area contributed by atoms with Gasteiger partial charge >= 0.3 is 6.01 Å². The third-order valence-corrected chi connectivity index (χ3v) is 3.76. The van der Waals surface area contributed by atoms with E-state index >= 15 is 0 Å². The quantitative estimate of drug-likeness (QED) is 0.663. The van der Waals surface area contributed by atoms with Gasteiger partial charge in [0, 0.05) is 11.1 Å². The Morgan fingerprint density at radius 3 is 2.36 bits per heavy atom. The number of benzene rings is 2. The highest BCUT2D eigenvalue weighted by molar-refractivity contribution is 6.03. The summed E-state index contributed by atoms with van der Waals surface area (Å²) in [7, 11) is 3.10. The Morgan fingerprint density at radius 2 is 1.71 bits per heavy atom. The van der Waals surface area contributed by atoms with Gasteiger partial charge in [0.05, 0.1) is 20.3 Å². The van der Waals surface area contributed by atoms with Crippen molar-refractivity contribution in [3.05, 3.63) is 48.0 Å². The van der Waals surface area contributed by atoms with Crippen molar-refractivity contribution in [1.29, 1.82) is 0 Å². The first-order chi connectivity index (χ1) is 13.5. The molecule has 0 fully saturated rings. The summed E-state index contributed by atoms with van der Waals surface area (Å²) in [5.41, 5.74) is 1.09. The molecule has 0 spiro atoms. The molecule has 3 aromatic rings. The molecule has 8 nitrogen and oxygen atoms in total. The summed E-state index contributed by atoms with van der Waals surface area (Å²) in [6.07, 6.45) is 0.0630. The van der Waals surface area contributed by atoms with E-state index in [2.05, 4.69) is 15.5 Å². The highest BCUT2D eigenvalue weighted by Crippen LogP contribution is 2.32. The fourth-order valence-electron chi connectivity index (χ4n) is 2.49. The number of anilines is 1. The zero-order chi connectivity index (χ0) is 20.1. The van der Waals surface area contributed by atoms with Crippen LogP contribution in [0.3, 0.4) is 0 Å². The zero-order valence-corrected chi connectivity index (χ0v) is 16.1. The number of aromatic nitrogens is 2. The highest BCUT2D eigenvalue weighted by Gasteiger charge is 2.15. The minimum atomic E-state index is -0.362. The van der Waals surface area contributed by atoms with Crippen LogP contribution in [0.5, 0.6) is 17.2 Å². The van der Waals surface area contributed by atoms with Gasteiger partial charge in [-0.3, -0.25) is 10.1 Å². The number of amides is 1. The second kappa shape index (κ2) is 8.43. The third-order valence-electron chi connectivity index (χ3n) is 3.76. The van der Waals surface area contributed by atoms with Gasteiger partial charge in [-0.2, -0.15) is 0 Å². The SMILES string of the molecule is COc1ccc(-c2nnc(NC(=O)c3ccc(OC(C)C)cc3)o2)cc1OC. The van der Waals surface area contributed by atoms with E-state index in [9.17, 15) is 4.79 Å². The van der Waals surface area contributed by atoms with E-state index < -0.39 is 0 Å². The molecular formula is C20H21N3O5. The Labute approximate surface area is 162 Å². The highest BCUT2D eigenvalue weighted by atomic mass is 16.5. The average molecular weight is 383 g/mol. The van der Waals surface area contributed by atoms with Crippen molar-refractivity contribution >= 4 is 11.9 Å². The van der Waals surface area contributed by atoms with E-state index in [1.807, 2.05) is 13.8 Å². The van der Waals surface area contributed by atoms with Gasteiger partial charge in [0.1, 0.15) is 5.75 Å². The van der Waals surface area contributed by atoms with Crippen molar-refractivity contribution in [3.8, 4) is 28.7 Å². The van der Waals surface area contributed by atoms with E-state index in [0.29, 0.717) is 28.4 Å². The second-order valence-corrected chi connectivity index (χ2v) is 6.13. The maximum Gasteiger partial charge on any atom is 0.322 e. The number of hydrogen-bond donors (Lipinski definition) is 1. The molecule has 2 aromatic carbocycles. The number of ether oxygens (including phenoxy) is 3. The van der Waals surface area contributed by atoms with Gasteiger partial charge in [-0.1, -0.05) is 5.10 Å². The number of hydrogen-bond acceptors (Lipinski definition) is 7. The predicted octanol–water partition coefficient (Wildman–Crippen LogP) is 3.79. The molecule has 0 radical (unpaired) electrons. The van der Waals surface area contributed by atoms with Gasteiger partial charge in [-0.25, -0.2) is 0 Å². The maximum absolute atomic E-state index is 12.4. The summed E-state index contributed by atoms with van der Waals surface area (Å²) >= 11 is 0. The zero-order valence-electron chi connectivity index (χ0n) is 16.1. The van der Waals surface area contributed by atoms with Crippen LogP contribution in [0.1, 0.15) is 24.2 Å². The first-order valence-electron chi connectivity index (χ1n) is 8.64. The van der Waals surface area contributed by atoms with Crippen LogP contribution in [0.2, 0.25) is 0 Å². The smallest absolute Gasteiger partial charge is 0.322 e. The minimum absolute atomic E-state index is 0.00251. The van der Waals surface area contributed by atoms with Crippen molar-refractivity contribution in [2.75, 3.05) is 19.5 Å². The first kappa shape index (κ1) is 19.2. The summed E-state index contributed by atoms with van der Waals surface area (Å²) in [4.78, 5) is 12.4. The van der Waals surface area contributed by atoms with E-state index in [1.165, 1.54) is 0 Å². The molecule has 0 aliphatic carbocycles. The van der Waals surface area contributed by atoms with E-state index in [-0.39, 0.29) is 23.9 Å². The first-order valence-corrected chi connectivity index (χ1v) is 8.64. The molecule has 3 rings (SSSR count). The summed E-state index contributed by atoms with van der Waals surface area (Å²) in [6, 6.07) is 12.0. The molecule has 0 unspecified atom stereocenters. The number of rotatable bonds is 7. The molecule has 0 aliphatic heterocycles. The van der Waals surface area contributed by atoms with Crippen molar-refractivity contribution in [2.45, 2.75) is 20.0 Å². The number of carbonyl (C=O) groups excluding carboxylic acids is 1. The number of carbonyl (C=O) groups is 1. The monoisotopic (exact) mass is 383 g/mol. The Hall–Kier alpha value is -3.55. The molecule has 1 N–H and O–H groups in total. The molecule has 0 bridgehead atoms. The Balaban J connectivity index is 1.71. The van der Waals surface area contributed by atoms with Crippen LogP contribution >= 0.6 is 0 Å². The summed E-state index contributed by atoms with van der Waals surface area (Å²) in [6.45, 7) is 3.87. The Morgan fingerprint density at radius 1 is 1.00 bits per heavy atom.